The molecule has 0 radical (unpaired) electrons. The van der Waals surface area contributed by atoms with Crippen LogP contribution in [0.5, 0.6) is 0 Å². The van der Waals surface area contributed by atoms with Gasteiger partial charge in [-0.3, -0.25) is 0 Å². The summed E-state index contributed by atoms with van der Waals surface area (Å²) in [6.45, 7) is 7.36. The summed E-state index contributed by atoms with van der Waals surface area (Å²) in [4.78, 5) is 0. The van der Waals surface area contributed by atoms with Gasteiger partial charge < -0.3 is 10.1 Å². The fourth-order valence-electron chi connectivity index (χ4n) is 2.28. The van der Waals surface area contributed by atoms with E-state index in [-0.39, 0.29) is 6.10 Å². The molecule has 1 saturated heterocycles. The van der Waals surface area contributed by atoms with Gasteiger partial charge in [0.2, 0.25) is 0 Å². The van der Waals surface area contributed by atoms with Gasteiger partial charge in [0.25, 0.3) is 0 Å². The molecule has 0 aromatic heterocycles. The van der Waals surface area contributed by atoms with Crippen LogP contribution in [0.1, 0.15) is 32.4 Å². The van der Waals surface area contributed by atoms with Crippen molar-refractivity contribution in [3.05, 3.63) is 34.9 Å². The lowest BCUT2D eigenvalue weighted by Crippen LogP contribution is -2.51. The molecule has 0 saturated carbocycles. The molecule has 1 heterocycles. The van der Waals surface area contributed by atoms with E-state index in [4.69, 9.17) is 16.3 Å². The second-order valence-electron chi connectivity index (χ2n) is 5.11. The minimum Gasteiger partial charge on any atom is -0.370 e. The molecule has 17 heavy (non-hydrogen) atoms. The average molecular weight is 254 g/mol. The minimum atomic E-state index is 0.101. The molecule has 1 aliphatic rings. The highest BCUT2D eigenvalue weighted by molar-refractivity contribution is 6.30. The predicted octanol–water partition coefficient (Wildman–Crippen LogP) is 3.41. The summed E-state index contributed by atoms with van der Waals surface area (Å²) in [5.41, 5.74) is 1.15. The van der Waals surface area contributed by atoms with Gasteiger partial charge in [0.05, 0.1) is 12.7 Å². The number of benzene rings is 1. The van der Waals surface area contributed by atoms with Gasteiger partial charge in [-0.1, -0.05) is 37.6 Å². The van der Waals surface area contributed by atoms with Crippen LogP contribution < -0.4 is 5.32 Å². The second kappa shape index (κ2) is 5.38. The van der Waals surface area contributed by atoms with Crippen LogP contribution in [0, 0.1) is 5.92 Å². The summed E-state index contributed by atoms with van der Waals surface area (Å²) in [7, 11) is 0. The van der Waals surface area contributed by atoms with E-state index in [0.717, 1.165) is 17.2 Å². The van der Waals surface area contributed by atoms with Crippen LogP contribution >= 0.6 is 11.6 Å². The molecule has 0 bridgehead atoms. The van der Waals surface area contributed by atoms with Crippen LogP contribution in [0.2, 0.25) is 5.02 Å². The summed E-state index contributed by atoms with van der Waals surface area (Å²) < 4.78 is 5.98. The summed E-state index contributed by atoms with van der Waals surface area (Å²) in [6, 6.07) is 8.69. The SMILES string of the molecule is CC(C)C1COC(c2cccc(Cl)c2)C(C)N1. The topological polar surface area (TPSA) is 21.3 Å². The first kappa shape index (κ1) is 12.9. The molecule has 1 aromatic carbocycles. The van der Waals surface area contributed by atoms with Crippen LogP contribution in [0.4, 0.5) is 0 Å². The molecule has 2 nitrogen and oxygen atoms in total. The standard InChI is InChI=1S/C14H20ClNO/c1-9(2)13-8-17-14(10(3)16-13)11-5-4-6-12(15)7-11/h4-7,9-10,13-14,16H,8H2,1-3H3. The van der Waals surface area contributed by atoms with Crippen molar-refractivity contribution in [1.29, 1.82) is 0 Å². The third kappa shape index (κ3) is 3.01. The number of ether oxygens (including phenoxy) is 1. The van der Waals surface area contributed by atoms with Gasteiger partial charge in [-0.2, -0.15) is 0 Å². The molecule has 1 N–H and O–H groups in total. The van der Waals surface area contributed by atoms with E-state index >= 15 is 0 Å². The average Bonchev–Trinajstić information content (AvgIpc) is 2.28. The monoisotopic (exact) mass is 253 g/mol. The number of rotatable bonds is 2. The summed E-state index contributed by atoms with van der Waals surface area (Å²) in [6.07, 6.45) is 0.101. The Kier molecular flexibility index (Phi) is 4.08. The van der Waals surface area contributed by atoms with Crippen LogP contribution in [-0.2, 0) is 4.74 Å². The number of nitrogens with one attached hydrogen (secondary N) is 1. The third-order valence-electron chi connectivity index (χ3n) is 3.37. The van der Waals surface area contributed by atoms with Crippen LogP contribution in [-0.4, -0.2) is 18.7 Å². The Bertz CT molecular complexity index is 380. The molecule has 1 fully saturated rings. The largest absolute Gasteiger partial charge is 0.370 e. The van der Waals surface area contributed by atoms with Gasteiger partial charge in [-0.15, -0.1) is 0 Å². The predicted molar refractivity (Wildman–Crippen MR) is 71.4 cm³/mol. The Morgan fingerprint density at radius 1 is 1.41 bits per heavy atom. The molecule has 1 aliphatic heterocycles. The molecular weight excluding hydrogens is 234 g/mol. The quantitative estimate of drug-likeness (QED) is 0.872. The van der Waals surface area contributed by atoms with Gasteiger partial charge >= 0.3 is 0 Å². The van der Waals surface area contributed by atoms with E-state index in [1.807, 2.05) is 18.2 Å². The van der Waals surface area contributed by atoms with Gasteiger partial charge in [0.15, 0.2) is 0 Å². The van der Waals surface area contributed by atoms with Crippen LogP contribution in [0.25, 0.3) is 0 Å². The van der Waals surface area contributed by atoms with Gasteiger partial charge in [-0.05, 0) is 30.5 Å². The Balaban J connectivity index is 2.09. The van der Waals surface area contributed by atoms with Crippen molar-refractivity contribution in [2.24, 2.45) is 5.92 Å². The number of halogens is 1. The fraction of sp³-hybridized carbons (Fsp3) is 0.571. The van der Waals surface area contributed by atoms with Crippen molar-refractivity contribution >= 4 is 11.6 Å². The number of morpholine rings is 1. The molecule has 3 heteroatoms. The van der Waals surface area contributed by atoms with E-state index in [0.29, 0.717) is 18.0 Å². The highest BCUT2D eigenvalue weighted by atomic mass is 35.5. The Morgan fingerprint density at radius 3 is 2.76 bits per heavy atom. The first-order valence-electron chi connectivity index (χ1n) is 6.21. The first-order chi connectivity index (χ1) is 8.08. The van der Waals surface area contributed by atoms with Crippen molar-refractivity contribution in [3.8, 4) is 0 Å². The van der Waals surface area contributed by atoms with E-state index in [2.05, 4.69) is 32.2 Å². The molecule has 3 unspecified atom stereocenters. The molecular formula is C14H20ClNO. The van der Waals surface area contributed by atoms with Gasteiger partial charge in [-0.25, -0.2) is 0 Å². The highest BCUT2D eigenvalue weighted by Crippen LogP contribution is 2.28. The Morgan fingerprint density at radius 2 is 2.18 bits per heavy atom. The summed E-state index contributed by atoms with van der Waals surface area (Å²) in [5.74, 6) is 0.595. The Hall–Kier alpha value is -0.570. The Labute approximate surface area is 108 Å². The molecule has 0 amide bonds. The van der Waals surface area contributed by atoms with E-state index in [1.165, 1.54) is 0 Å². The van der Waals surface area contributed by atoms with Gasteiger partial charge in [0.1, 0.15) is 0 Å². The fourth-order valence-corrected chi connectivity index (χ4v) is 2.48. The van der Waals surface area contributed by atoms with Crippen molar-refractivity contribution < 1.29 is 4.74 Å². The smallest absolute Gasteiger partial charge is 0.0976 e. The normalized spacial score (nSPS) is 29.6. The zero-order chi connectivity index (χ0) is 12.4. The van der Waals surface area contributed by atoms with Crippen molar-refractivity contribution in [1.82, 2.24) is 5.32 Å². The summed E-state index contributed by atoms with van der Waals surface area (Å²) in [5, 5.41) is 4.38. The van der Waals surface area contributed by atoms with Crippen LogP contribution in [0.15, 0.2) is 24.3 Å². The second-order valence-corrected chi connectivity index (χ2v) is 5.55. The zero-order valence-electron chi connectivity index (χ0n) is 10.6. The molecule has 94 valence electrons. The maximum absolute atomic E-state index is 6.01. The molecule has 0 spiro atoms. The number of hydrogen-bond acceptors (Lipinski definition) is 2. The van der Waals surface area contributed by atoms with Crippen molar-refractivity contribution in [2.45, 2.75) is 39.0 Å². The first-order valence-corrected chi connectivity index (χ1v) is 6.59. The molecule has 1 aromatic rings. The van der Waals surface area contributed by atoms with Gasteiger partial charge in [0, 0.05) is 17.1 Å². The number of hydrogen-bond donors (Lipinski definition) is 1. The third-order valence-corrected chi connectivity index (χ3v) is 3.60. The van der Waals surface area contributed by atoms with Crippen molar-refractivity contribution in [3.63, 3.8) is 0 Å². The van der Waals surface area contributed by atoms with Crippen molar-refractivity contribution in [2.75, 3.05) is 6.61 Å². The molecule has 3 atom stereocenters. The lowest BCUT2D eigenvalue weighted by molar-refractivity contribution is -0.0339. The molecule has 0 aliphatic carbocycles. The lowest BCUT2D eigenvalue weighted by atomic mass is 9.97. The van der Waals surface area contributed by atoms with Crippen LogP contribution in [0.3, 0.4) is 0 Å². The highest BCUT2D eigenvalue weighted by Gasteiger charge is 2.30. The summed E-state index contributed by atoms with van der Waals surface area (Å²) >= 11 is 6.01. The minimum absolute atomic E-state index is 0.101. The lowest BCUT2D eigenvalue weighted by Gasteiger charge is -2.37. The zero-order valence-corrected chi connectivity index (χ0v) is 11.4. The van der Waals surface area contributed by atoms with E-state index in [9.17, 15) is 0 Å². The van der Waals surface area contributed by atoms with E-state index in [1.54, 1.807) is 0 Å². The maximum Gasteiger partial charge on any atom is 0.0976 e. The maximum atomic E-state index is 6.01. The van der Waals surface area contributed by atoms with E-state index < -0.39 is 0 Å². The molecule has 2 rings (SSSR count).